The van der Waals surface area contributed by atoms with E-state index >= 15 is 0 Å². The molecular weight excluding hydrogens is 309 g/mol. The lowest BCUT2D eigenvalue weighted by molar-refractivity contribution is -0.124. The summed E-state index contributed by atoms with van der Waals surface area (Å²) in [7, 11) is 0. The van der Waals surface area contributed by atoms with E-state index in [0.29, 0.717) is 25.2 Å². The van der Waals surface area contributed by atoms with Crippen LogP contribution in [0.3, 0.4) is 0 Å². The molecule has 0 spiro atoms. The minimum Gasteiger partial charge on any atom is -0.391 e. The fourth-order valence-electron chi connectivity index (χ4n) is 2.92. The van der Waals surface area contributed by atoms with E-state index < -0.39 is 18.1 Å². The minimum atomic E-state index is -0.541. The van der Waals surface area contributed by atoms with E-state index in [1.807, 2.05) is 25.7 Å². The van der Waals surface area contributed by atoms with Crippen LogP contribution in [-0.4, -0.2) is 59.6 Å². The maximum Gasteiger partial charge on any atom is 0.239 e. The number of amides is 1. The lowest BCUT2D eigenvalue weighted by Gasteiger charge is -2.40. The van der Waals surface area contributed by atoms with E-state index in [4.69, 9.17) is 5.73 Å². The molecule has 1 saturated heterocycles. The highest BCUT2D eigenvalue weighted by Gasteiger charge is 2.31. The van der Waals surface area contributed by atoms with Gasteiger partial charge < -0.3 is 10.8 Å². The van der Waals surface area contributed by atoms with Crippen molar-refractivity contribution in [2.24, 2.45) is 11.1 Å². The first kappa shape index (κ1) is 18.8. The number of carbonyl (C=O) groups excluding carboxylic acids is 1. The quantitative estimate of drug-likeness (QED) is 0.852. The standard InChI is InChI=1S/C18H28FN3O2/c1-18(2,3)15(23)12-21-8-10-22(11-9-21)16(17(20)24)13-4-6-14(19)7-5-13/h4-7,15-16,23H,8-12H2,1-3H3,(H2,20,24)/t15-,16+/m0/s1. The third kappa shape index (κ3) is 4.75. The van der Waals surface area contributed by atoms with Crippen molar-refractivity contribution in [3.63, 3.8) is 0 Å². The summed E-state index contributed by atoms with van der Waals surface area (Å²) < 4.78 is 13.1. The molecule has 3 N–H and O–H groups in total. The van der Waals surface area contributed by atoms with Crippen LogP contribution in [-0.2, 0) is 4.79 Å². The second-order valence-corrected chi connectivity index (χ2v) is 7.57. The molecule has 1 heterocycles. The Balaban J connectivity index is 1.98. The molecule has 0 radical (unpaired) electrons. The number of β-amino-alcohol motifs (C(OH)–C–C–N with tert-alkyl or cyclic N) is 1. The van der Waals surface area contributed by atoms with Crippen LogP contribution in [0.25, 0.3) is 0 Å². The molecule has 1 aromatic rings. The van der Waals surface area contributed by atoms with Gasteiger partial charge in [0, 0.05) is 32.7 Å². The SMILES string of the molecule is CC(C)(C)[C@@H](O)CN1CCN([C@@H](C(N)=O)c2ccc(F)cc2)CC1. The molecule has 1 amide bonds. The lowest BCUT2D eigenvalue weighted by atomic mass is 9.89. The molecule has 24 heavy (non-hydrogen) atoms. The average Bonchev–Trinajstić information content (AvgIpc) is 2.50. The first-order chi connectivity index (χ1) is 11.2. The molecule has 134 valence electrons. The molecule has 0 unspecified atom stereocenters. The van der Waals surface area contributed by atoms with Crippen molar-refractivity contribution in [1.82, 2.24) is 9.80 Å². The molecule has 1 aliphatic heterocycles. The Bertz CT molecular complexity index is 548. The van der Waals surface area contributed by atoms with Gasteiger partial charge >= 0.3 is 0 Å². The second kappa shape index (κ2) is 7.59. The molecule has 1 aromatic carbocycles. The number of primary amides is 1. The summed E-state index contributed by atoms with van der Waals surface area (Å²) >= 11 is 0. The Morgan fingerprint density at radius 1 is 1.21 bits per heavy atom. The number of hydrogen-bond donors (Lipinski definition) is 2. The van der Waals surface area contributed by atoms with E-state index in [0.717, 1.165) is 13.1 Å². The van der Waals surface area contributed by atoms with Gasteiger partial charge in [0.2, 0.25) is 5.91 Å². The third-order valence-corrected chi connectivity index (χ3v) is 4.66. The average molecular weight is 337 g/mol. The van der Waals surface area contributed by atoms with Crippen LogP contribution in [0.2, 0.25) is 0 Å². The molecule has 1 aliphatic rings. The molecule has 1 fully saturated rings. The molecule has 2 atom stereocenters. The van der Waals surface area contributed by atoms with Crippen LogP contribution in [0, 0.1) is 11.2 Å². The maximum absolute atomic E-state index is 13.1. The first-order valence-electron chi connectivity index (χ1n) is 8.37. The summed E-state index contributed by atoms with van der Waals surface area (Å²) in [6, 6.07) is 5.38. The number of aliphatic hydroxyl groups excluding tert-OH is 1. The van der Waals surface area contributed by atoms with Gasteiger partial charge in [-0.1, -0.05) is 32.9 Å². The fourth-order valence-corrected chi connectivity index (χ4v) is 2.92. The molecule has 2 rings (SSSR count). The van der Waals surface area contributed by atoms with E-state index in [9.17, 15) is 14.3 Å². The van der Waals surface area contributed by atoms with Gasteiger partial charge in [0.15, 0.2) is 0 Å². The van der Waals surface area contributed by atoms with Gasteiger partial charge in [-0.05, 0) is 23.1 Å². The number of carbonyl (C=O) groups is 1. The predicted octanol–water partition coefficient (Wildman–Crippen LogP) is 1.38. The van der Waals surface area contributed by atoms with Gasteiger partial charge in [0.05, 0.1) is 6.10 Å². The molecule has 0 saturated carbocycles. The summed E-state index contributed by atoms with van der Waals surface area (Å²) in [5.41, 5.74) is 6.15. The van der Waals surface area contributed by atoms with E-state index in [-0.39, 0.29) is 11.2 Å². The molecule has 0 bridgehead atoms. The van der Waals surface area contributed by atoms with Gasteiger partial charge in [-0.3, -0.25) is 14.6 Å². The zero-order chi connectivity index (χ0) is 17.9. The van der Waals surface area contributed by atoms with Crippen LogP contribution in [0.4, 0.5) is 4.39 Å². The summed E-state index contributed by atoms with van der Waals surface area (Å²) in [5.74, 6) is -0.757. The van der Waals surface area contributed by atoms with Crippen molar-refractivity contribution < 1.29 is 14.3 Å². The number of nitrogens with two attached hydrogens (primary N) is 1. The van der Waals surface area contributed by atoms with Gasteiger partial charge in [-0.2, -0.15) is 0 Å². The van der Waals surface area contributed by atoms with Crippen LogP contribution >= 0.6 is 0 Å². The van der Waals surface area contributed by atoms with Gasteiger partial charge in [0.25, 0.3) is 0 Å². The van der Waals surface area contributed by atoms with Crippen molar-refractivity contribution in [3.05, 3.63) is 35.6 Å². The minimum absolute atomic E-state index is 0.152. The summed E-state index contributed by atoms with van der Waals surface area (Å²) in [6.45, 7) is 9.57. The van der Waals surface area contributed by atoms with Crippen molar-refractivity contribution in [3.8, 4) is 0 Å². The number of aliphatic hydroxyl groups is 1. The third-order valence-electron chi connectivity index (χ3n) is 4.66. The Morgan fingerprint density at radius 3 is 2.21 bits per heavy atom. The monoisotopic (exact) mass is 337 g/mol. The van der Waals surface area contributed by atoms with Crippen LogP contribution in [0.5, 0.6) is 0 Å². The maximum atomic E-state index is 13.1. The van der Waals surface area contributed by atoms with Gasteiger partial charge in [-0.25, -0.2) is 4.39 Å². The van der Waals surface area contributed by atoms with Crippen molar-refractivity contribution in [1.29, 1.82) is 0 Å². The molecule has 0 aromatic heterocycles. The van der Waals surface area contributed by atoms with Crippen LogP contribution in [0.1, 0.15) is 32.4 Å². The second-order valence-electron chi connectivity index (χ2n) is 7.57. The molecular formula is C18H28FN3O2. The Hall–Kier alpha value is -1.50. The summed E-state index contributed by atoms with van der Waals surface area (Å²) in [5, 5.41) is 10.2. The van der Waals surface area contributed by atoms with E-state index in [2.05, 4.69) is 4.90 Å². The lowest BCUT2D eigenvalue weighted by Crippen LogP contribution is -2.52. The number of piperazine rings is 1. The smallest absolute Gasteiger partial charge is 0.239 e. The normalized spacial score (nSPS) is 19.9. The largest absolute Gasteiger partial charge is 0.391 e. The molecule has 0 aliphatic carbocycles. The fraction of sp³-hybridized carbons (Fsp3) is 0.611. The molecule has 6 heteroatoms. The van der Waals surface area contributed by atoms with Crippen molar-refractivity contribution in [2.75, 3.05) is 32.7 Å². The zero-order valence-corrected chi connectivity index (χ0v) is 14.7. The van der Waals surface area contributed by atoms with E-state index in [1.54, 1.807) is 12.1 Å². The van der Waals surface area contributed by atoms with Crippen molar-refractivity contribution in [2.45, 2.75) is 32.9 Å². The number of benzene rings is 1. The Labute approximate surface area is 143 Å². The van der Waals surface area contributed by atoms with Crippen LogP contribution in [0.15, 0.2) is 24.3 Å². The topological polar surface area (TPSA) is 69.8 Å². The Kier molecular flexibility index (Phi) is 5.96. The van der Waals surface area contributed by atoms with Crippen molar-refractivity contribution >= 4 is 5.91 Å². The summed E-state index contributed by atoms with van der Waals surface area (Å²) in [4.78, 5) is 16.1. The van der Waals surface area contributed by atoms with Gasteiger partial charge in [-0.15, -0.1) is 0 Å². The number of nitrogens with zero attached hydrogens (tertiary/aromatic N) is 2. The molecule has 5 nitrogen and oxygen atoms in total. The number of hydrogen-bond acceptors (Lipinski definition) is 4. The van der Waals surface area contributed by atoms with E-state index in [1.165, 1.54) is 12.1 Å². The zero-order valence-electron chi connectivity index (χ0n) is 14.7. The highest BCUT2D eigenvalue weighted by atomic mass is 19.1. The highest BCUT2D eigenvalue weighted by Crippen LogP contribution is 2.24. The van der Waals surface area contributed by atoms with Crippen LogP contribution < -0.4 is 5.73 Å². The summed E-state index contributed by atoms with van der Waals surface area (Å²) in [6.07, 6.45) is -0.395. The van der Waals surface area contributed by atoms with Gasteiger partial charge in [0.1, 0.15) is 11.9 Å². The first-order valence-corrected chi connectivity index (χ1v) is 8.37. The Morgan fingerprint density at radius 2 is 1.75 bits per heavy atom. The number of halogens is 1. The predicted molar refractivity (Wildman–Crippen MR) is 91.8 cm³/mol. The number of rotatable bonds is 5. The highest BCUT2D eigenvalue weighted by molar-refractivity contribution is 5.81.